The lowest BCUT2D eigenvalue weighted by Crippen LogP contribution is -2.31. The quantitative estimate of drug-likeness (QED) is 0.612. The molecule has 0 bridgehead atoms. The van der Waals surface area contributed by atoms with Gasteiger partial charge in [-0.2, -0.15) is 0 Å². The highest BCUT2D eigenvalue weighted by molar-refractivity contribution is 5.80. The van der Waals surface area contributed by atoms with Crippen LogP contribution in [0.15, 0.2) is 18.2 Å². The summed E-state index contributed by atoms with van der Waals surface area (Å²) >= 11 is 0. The Balaban J connectivity index is 2.82. The number of ether oxygens (including phenoxy) is 2. The molecule has 5 heteroatoms. The molecule has 27 heavy (non-hydrogen) atoms. The van der Waals surface area contributed by atoms with Crippen LogP contribution in [-0.2, 0) is 19.1 Å². The standard InChI is InChI=1S/C22H33FO4/c1-13(2)20(18-10-9-17(23)11-14(18)3)16(5)26-21(25)15(4)12-19(24)27-22(6,7)8/h9-11,13,15-16,20H,12H2,1-8H3/t15-,16+,20+/m1/s1. The lowest BCUT2D eigenvalue weighted by atomic mass is 9.82. The van der Waals surface area contributed by atoms with Crippen LogP contribution in [0.5, 0.6) is 0 Å². The summed E-state index contributed by atoms with van der Waals surface area (Å²) in [6.45, 7) is 14.8. The summed E-state index contributed by atoms with van der Waals surface area (Å²) in [5, 5.41) is 0. The molecule has 0 aromatic heterocycles. The Kier molecular flexibility index (Phi) is 8.00. The van der Waals surface area contributed by atoms with Crippen LogP contribution < -0.4 is 0 Å². The fourth-order valence-corrected chi connectivity index (χ4v) is 3.26. The number of hydrogen-bond acceptors (Lipinski definition) is 4. The maximum Gasteiger partial charge on any atom is 0.309 e. The Labute approximate surface area is 162 Å². The summed E-state index contributed by atoms with van der Waals surface area (Å²) < 4.78 is 24.4. The fourth-order valence-electron chi connectivity index (χ4n) is 3.26. The molecule has 0 radical (unpaired) electrons. The normalized spacial score (nSPS) is 15.2. The van der Waals surface area contributed by atoms with Gasteiger partial charge in [-0.15, -0.1) is 0 Å². The van der Waals surface area contributed by atoms with Gasteiger partial charge in [0.15, 0.2) is 0 Å². The van der Waals surface area contributed by atoms with Crippen molar-refractivity contribution in [1.29, 1.82) is 0 Å². The Morgan fingerprint density at radius 1 is 1.11 bits per heavy atom. The molecule has 1 rings (SSSR count). The third kappa shape index (κ3) is 7.31. The van der Waals surface area contributed by atoms with E-state index in [1.54, 1.807) is 33.8 Å². The van der Waals surface area contributed by atoms with Gasteiger partial charge in [0.2, 0.25) is 0 Å². The molecule has 0 N–H and O–H groups in total. The first kappa shape index (κ1) is 23.1. The van der Waals surface area contributed by atoms with Gasteiger partial charge in [0, 0.05) is 5.92 Å². The zero-order valence-electron chi connectivity index (χ0n) is 17.8. The summed E-state index contributed by atoms with van der Waals surface area (Å²) in [6, 6.07) is 4.67. The maximum absolute atomic E-state index is 13.4. The molecular formula is C22H33FO4. The number of rotatable bonds is 7. The van der Waals surface area contributed by atoms with E-state index in [9.17, 15) is 14.0 Å². The lowest BCUT2D eigenvalue weighted by Gasteiger charge is -2.30. The molecule has 0 saturated heterocycles. The number of carbonyl (C=O) groups is 2. The fraction of sp³-hybridized carbons (Fsp3) is 0.636. The molecule has 0 unspecified atom stereocenters. The Hall–Kier alpha value is -1.91. The maximum atomic E-state index is 13.4. The van der Waals surface area contributed by atoms with Crippen molar-refractivity contribution in [3.8, 4) is 0 Å². The van der Waals surface area contributed by atoms with E-state index in [1.165, 1.54) is 12.1 Å². The van der Waals surface area contributed by atoms with Gasteiger partial charge in [0.05, 0.1) is 12.3 Å². The molecule has 0 fully saturated rings. The van der Waals surface area contributed by atoms with Gasteiger partial charge in [0.1, 0.15) is 17.5 Å². The Morgan fingerprint density at radius 2 is 1.70 bits per heavy atom. The van der Waals surface area contributed by atoms with Crippen LogP contribution in [0, 0.1) is 24.6 Å². The predicted octanol–water partition coefficient (Wildman–Crippen LogP) is 5.17. The smallest absolute Gasteiger partial charge is 0.309 e. The van der Waals surface area contributed by atoms with E-state index >= 15 is 0 Å². The number of benzene rings is 1. The van der Waals surface area contributed by atoms with Gasteiger partial charge < -0.3 is 9.47 Å². The van der Waals surface area contributed by atoms with Crippen molar-refractivity contribution in [3.05, 3.63) is 35.1 Å². The van der Waals surface area contributed by atoms with Crippen molar-refractivity contribution in [2.75, 3.05) is 0 Å². The molecule has 152 valence electrons. The molecule has 3 atom stereocenters. The van der Waals surface area contributed by atoms with Gasteiger partial charge in [-0.3, -0.25) is 9.59 Å². The molecule has 0 aliphatic rings. The number of hydrogen-bond donors (Lipinski definition) is 0. The summed E-state index contributed by atoms with van der Waals surface area (Å²) in [6.07, 6.45) is -0.423. The van der Waals surface area contributed by atoms with Gasteiger partial charge in [0.25, 0.3) is 0 Å². The highest BCUT2D eigenvalue weighted by Gasteiger charge is 2.30. The van der Waals surface area contributed by atoms with Crippen LogP contribution in [0.4, 0.5) is 4.39 Å². The molecule has 0 saturated carbocycles. The minimum absolute atomic E-state index is 0.0231. The summed E-state index contributed by atoms with van der Waals surface area (Å²) in [5.74, 6) is -1.60. The van der Waals surface area contributed by atoms with Crippen molar-refractivity contribution in [2.24, 2.45) is 11.8 Å². The summed E-state index contributed by atoms with van der Waals surface area (Å²) in [7, 11) is 0. The van der Waals surface area contributed by atoms with E-state index < -0.39 is 29.6 Å². The van der Waals surface area contributed by atoms with Crippen molar-refractivity contribution >= 4 is 11.9 Å². The monoisotopic (exact) mass is 380 g/mol. The third-order valence-corrected chi connectivity index (χ3v) is 4.41. The minimum atomic E-state index is -0.593. The highest BCUT2D eigenvalue weighted by Crippen LogP contribution is 2.32. The summed E-state index contributed by atoms with van der Waals surface area (Å²) in [5.41, 5.74) is 1.21. The summed E-state index contributed by atoms with van der Waals surface area (Å²) in [4.78, 5) is 24.4. The molecular weight excluding hydrogens is 347 g/mol. The van der Waals surface area contributed by atoms with Gasteiger partial charge in [-0.05, 0) is 63.8 Å². The first-order valence-electron chi connectivity index (χ1n) is 9.50. The number of aryl methyl sites for hydroxylation is 1. The topological polar surface area (TPSA) is 52.6 Å². The van der Waals surface area contributed by atoms with Gasteiger partial charge in [-0.1, -0.05) is 26.8 Å². The number of halogens is 1. The Bertz CT molecular complexity index is 661. The second-order valence-electron chi connectivity index (χ2n) is 8.60. The molecule has 0 spiro atoms. The van der Waals surface area contributed by atoms with Crippen LogP contribution in [0.1, 0.15) is 71.9 Å². The molecule has 0 amide bonds. The van der Waals surface area contributed by atoms with E-state index in [0.717, 1.165) is 11.1 Å². The van der Waals surface area contributed by atoms with Crippen molar-refractivity contribution in [2.45, 2.75) is 79.4 Å². The largest absolute Gasteiger partial charge is 0.462 e. The minimum Gasteiger partial charge on any atom is -0.462 e. The van der Waals surface area contributed by atoms with Crippen LogP contribution >= 0.6 is 0 Å². The van der Waals surface area contributed by atoms with E-state index in [-0.39, 0.29) is 24.1 Å². The van der Waals surface area contributed by atoms with Gasteiger partial charge >= 0.3 is 11.9 Å². The van der Waals surface area contributed by atoms with E-state index in [0.29, 0.717) is 0 Å². The van der Waals surface area contributed by atoms with Crippen molar-refractivity contribution < 1.29 is 23.5 Å². The first-order chi connectivity index (χ1) is 12.3. The Morgan fingerprint density at radius 3 is 2.19 bits per heavy atom. The van der Waals surface area contributed by atoms with E-state index in [2.05, 4.69) is 0 Å². The highest BCUT2D eigenvalue weighted by atomic mass is 19.1. The second-order valence-corrected chi connectivity index (χ2v) is 8.60. The average Bonchev–Trinajstić information content (AvgIpc) is 2.47. The molecule has 1 aromatic rings. The van der Waals surface area contributed by atoms with Crippen LogP contribution in [0.2, 0.25) is 0 Å². The van der Waals surface area contributed by atoms with Gasteiger partial charge in [-0.25, -0.2) is 4.39 Å². The first-order valence-corrected chi connectivity index (χ1v) is 9.50. The van der Waals surface area contributed by atoms with Crippen molar-refractivity contribution in [3.63, 3.8) is 0 Å². The average molecular weight is 381 g/mol. The lowest BCUT2D eigenvalue weighted by molar-refractivity contribution is -0.163. The van der Waals surface area contributed by atoms with Crippen molar-refractivity contribution in [1.82, 2.24) is 0 Å². The third-order valence-electron chi connectivity index (χ3n) is 4.41. The molecule has 0 heterocycles. The zero-order valence-corrected chi connectivity index (χ0v) is 17.8. The zero-order chi connectivity index (χ0) is 20.9. The molecule has 4 nitrogen and oxygen atoms in total. The molecule has 0 aliphatic heterocycles. The molecule has 0 aliphatic carbocycles. The number of carbonyl (C=O) groups excluding carboxylic acids is 2. The van der Waals surface area contributed by atoms with E-state index in [4.69, 9.17) is 9.47 Å². The van der Waals surface area contributed by atoms with Crippen LogP contribution in [-0.4, -0.2) is 23.6 Å². The van der Waals surface area contributed by atoms with E-state index in [1.807, 2.05) is 27.7 Å². The number of esters is 2. The second kappa shape index (κ2) is 9.34. The predicted molar refractivity (Wildman–Crippen MR) is 104 cm³/mol. The van der Waals surface area contributed by atoms with Crippen LogP contribution in [0.3, 0.4) is 0 Å². The SMILES string of the molecule is Cc1cc(F)ccc1[C@@H](C(C)C)[C@H](C)OC(=O)[C@H](C)CC(=O)OC(C)(C)C. The van der Waals surface area contributed by atoms with Crippen LogP contribution in [0.25, 0.3) is 0 Å². The molecule has 1 aromatic carbocycles.